The minimum Gasteiger partial charge on any atom is -0.472 e. The number of amidine groups is 2. The van der Waals surface area contributed by atoms with E-state index in [9.17, 15) is 37.2 Å². The van der Waals surface area contributed by atoms with Gasteiger partial charge in [0, 0.05) is 48.7 Å². The van der Waals surface area contributed by atoms with Crippen LogP contribution in [0.2, 0.25) is 0 Å². The molecule has 0 radical (unpaired) electrons. The molecule has 3 saturated heterocycles. The summed E-state index contributed by atoms with van der Waals surface area (Å²) in [6.45, 7) is 4.30. The highest BCUT2D eigenvalue weighted by molar-refractivity contribution is 7.86. The van der Waals surface area contributed by atoms with Crippen molar-refractivity contribution in [2.45, 2.75) is 25.6 Å². The highest BCUT2D eigenvalue weighted by Crippen LogP contribution is 2.24. The first-order valence-electron chi connectivity index (χ1n) is 20.1. The van der Waals surface area contributed by atoms with Crippen LogP contribution >= 0.6 is 0 Å². The number of carbonyl (C=O) groups is 6. The molecule has 2 aromatic heterocycles. The van der Waals surface area contributed by atoms with E-state index in [0.717, 1.165) is 6.26 Å². The number of esters is 1. The minimum atomic E-state index is -3.63. The molecule has 3 aliphatic heterocycles. The lowest BCUT2D eigenvalue weighted by Crippen LogP contribution is -2.52. The quantitative estimate of drug-likeness (QED) is 0.0439. The van der Waals surface area contributed by atoms with Crippen LogP contribution in [0, 0.1) is 10.8 Å². The van der Waals surface area contributed by atoms with E-state index in [2.05, 4.69) is 14.8 Å². The fraction of sp³-hybridized carbons (Fsp3) is 0.333. The summed E-state index contributed by atoms with van der Waals surface area (Å²) < 4.78 is 52.0. The zero-order chi connectivity index (χ0) is 46.7. The summed E-state index contributed by atoms with van der Waals surface area (Å²) in [7, 11) is -3.63. The summed E-state index contributed by atoms with van der Waals surface area (Å²) in [5, 5.41) is 21.0. The number of benzene rings is 2. The number of furan rings is 2. The maximum absolute atomic E-state index is 12.5. The Morgan fingerprint density at radius 3 is 1.71 bits per heavy atom. The van der Waals surface area contributed by atoms with Crippen molar-refractivity contribution in [1.82, 2.24) is 20.4 Å². The first kappa shape index (κ1) is 47.1. The molecule has 4 aromatic rings. The third-order valence-electron chi connectivity index (χ3n) is 9.95. The van der Waals surface area contributed by atoms with Crippen molar-refractivity contribution >= 4 is 69.0 Å². The van der Waals surface area contributed by atoms with Gasteiger partial charge in [-0.25, -0.2) is 9.59 Å². The number of rotatable bonds is 15. The molecule has 0 bridgehead atoms. The first-order valence-corrected chi connectivity index (χ1v) is 21.9. The van der Waals surface area contributed by atoms with E-state index < -0.39 is 46.3 Å². The summed E-state index contributed by atoms with van der Waals surface area (Å²) >= 11 is 0. The summed E-state index contributed by atoms with van der Waals surface area (Å²) in [6.07, 6.45) is 4.16. The molecule has 3 fully saturated rings. The lowest BCUT2D eigenvalue weighted by atomic mass is 10.1. The normalized spacial score (nSPS) is 17.4. The number of piperazine rings is 1. The van der Waals surface area contributed by atoms with Crippen LogP contribution in [0.5, 0.6) is 0 Å². The van der Waals surface area contributed by atoms with Crippen molar-refractivity contribution in [1.29, 1.82) is 10.8 Å². The Bertz CT molecular complexity index is 2480. The molecule has 0 saturated carbocycles. The van der Waals surface area contributed by atoms with Crippen LogP contribution in [0.1, 0.15) is 45.2 Å². The van der Waals surface area contributed by atoms with Gasteiger partial charge < -0.3 is 38.6 Å². The van der Waals surface area contributed by atoms with Gasteiger partial charge in [0.1, 0.15) is 43.0 Å². The Morgan fingerprint density at radius 1 is 0.738 bits per heavy atom. The van der Waals surface area contributed by atoms with Gasteiger partial charge in [0.15, 0.2) is 0 Å². The first-order chi connectivity index (χ1) is 31.1. The number of nitrogens with zero attached hydrogens (tertiary/aromatic N) is 4. The van der Waals surface area contributed by atoms with Crippen LogP contribution < -0.4 is 20.4 Å². The lowest BCUT2D eigenvalue weighted by molar-refractivity contribution is -0.144. The molecule has 344 valence electrons. The summed E-state index contributed by atoms with van der Waals surface area (Å²) in [5.41, 5.74) is 2.62. The van der Waals surface area contributed by atoms with Crippen molar-refractivity contribution in [3.8, 4) is 0 Å². The molecule has 7 rings (SSSR count). The molecule has 2 aromatic carbocycles. The molecule has 4 N–H and O–H groups in total. The van der Waals surface area contributed by atoms with Gasteiger partial charge >= 0.3 is 18.2 Å². The summed E-state index contributed by atoms with van der Waals surface area (Å²) in [5.74, 6) is -1.51. The number of carbonyl (C=O) groups excluding carboxylic acids is 6. The van der Waals surface area contributed by atoms with E-state index in [-0.39, 0.29) is 49.7 Å². The highest BCUT2D eigenvalue weighted by Gasteiger charge is 2.36. The third kappa shape index (κ3) is 13.1. The molecular formula is C42H46N8O14S. The largest absolute Gasteiger partial charge is 0.472 e. The van der Waals surface area contributed by atoms with Crippen LogP contribution in [0.4, 0.5) is 21.0 Å². The van der Waals surface area contributed by atoms with Crippen LogP contribution in [0.3, 0.4) is 0 Å². The van der Waals surface area contributed by atoms with E-state index in [4.69, 9.17) is 33.9 Å². The summed E-state index contributed by atoms with van der Waals surface area (Å²) in [6, 6.07) is 16.0. The molecule has 5 amide bonds. The number of ether oxygens (including phenoxy) is 3. The number of cyclic esters (lactones) is 2. The van der Waals surface area contributed by atoms with Crippen LogP contribution in [-0.2, 0) is 38.1 Å². The molecule has 22 nitrogen and oxygen atoms in total. The van der Waals surface area contributed by atoms with Crippen LogP contribution in [0.15, 0.2) is 94.6 Å². The fourth-order valence-corrected chi connectivity index (χ4v) is 7.06. The zero-order valence-electron chi connectivity index (χ0n) is 35.2. The predicted octanol–water partition coefficient (Wildman–Crippen LogP) is 2.79. The number of nitrogens with one attached hydrogen (secondary N) is 4. The van der Waals surface area contributed by atoms with Crippen molar-refractivity contribution in [3.63, 3.8) is 0 Å². The van der Waals surface area contributed by atoms with Gasteiger partial charge in [-0.15, -0.1) is 0 Å². The van der Waals surface area contributed by atoms with Gasteiger partial charge in [0.2, 0.25) is 5.91 Å². The van der Waals surface area contributed by atoms with E-state index in [1.165, 1.54) is 47.0 Å². The van der Waals surface area contributed by atoms with E-state index >= 15 is 0 Å². The van der Waals surface area contributed by atoms with E-state index in [1.54, 1.807) is 60.4 Å². The number of amides is 5. The molecule has 5 heterocycles. The topological polar surface area (TPSA) is 284 Å². The number of hydrogen-bond acceptors (Lipinski definition) is 17. The minimum absolute atomic E-state index is 0.0744. The average molecular weight is 919 g/mol. The summed E-state index contributed by atoms with van der Waals surface area (Å²) in [4.78, 5) is 79.0. The molecule has 2 atom stereocenters. The van der Waals surface area contributed by atoms with Gasteiger partial charge in [-0.2, -0.15) is 8.42 Å². The number of hydrogen-bond donors (Lipinski definition) is 4. The van der Waals surface area contributed by atoms with Gasteiger partial charge in [0.25, 0.3) is 21.9 Å². The molecule has 65 heavy (non-hydrogen) atoms. The Labute approximate surface area is 372 Å². The van der Waals surface area contributed by atoms with Crippen molar-refractivity contribution in [2.75, 3.05) is 75.1 Å². The van der Waals surface area contributed by atoms with Crippen LogP contribution in [0.25, 0.3) is 0 Å². The highest BCUT2D eigenvalue weighted by atomic mass is 32.2. The average Bonchev–Trinajstić information content (AvgIpc) is 4.12. The van der Waals surface area contributed by atoms with Crippen LogP contribution in [-0.4, -0.2) is 143 Å². The van der Waals surface area contributed by atoms with Gasteiger partial charge in [-0.05, 0) is 67.6 Å². The zero-order valence-corrected chi connectivity index (χ0v) is 36.0. The molecule has 0 aliphatic carbocycles. The Morgan fingerprint density at radius 2 is 1.25 bits per heavy atom. The molecule has 23 heteroatoms. The van der Waals surface area contributed by atoms with E-state index in [0.29, 0.717) is 73.0 Å². The number of anilines is 2. The van der Waals surface area contributed by atoms with Gasteiger partial charge in [0.05, 0.1) is 62.6 Å². The van der Waals surface area contributed by atoms with Gasteiger partial charge in [-0.3, -0.25) is 48.9 Å². The SMILES string of the molecule is CCOC(=O)CCN1CCN(CC2CN(c3ccc(C(=N)NC(=O)c4ccoc4)cc3)C(=O)O2)CC1=O.CS(=O)(=O)OCC1CN(c2ccc(C(=N)NC(=O)c3ccoc3)cc2)C(=O)O1. The molecule has 3 aliphatic rings. The third-order valence-corrected chi connectivity index (χ3v) is 10.5. The predicted molar refractivity (Wildman–Crippen MR) is 229 cm³/mol. The maximum atomic E-state index is 12.5. The second-order valence-electron chi connectivity index (χ2n) is 14.7. The second kappa shape index (κ2) is 21.3. The van der Waals surface area contributed by atoms with E-state index in [1.807, 2.05) is 4.90 Å². The van der Waals surface area contributed by atoms with Crippen molar-refractivity contribution in [3.05, 3.63) is 108 Å². The van der Waals surface area contributed by atoms with Crippen molar-refractivity contribution < 1.29 is 64.4 Å². The smallest absolute Gasteiger partial charge is 0.414 e. The Hall–Kier alpha value is -7.37. The standard InChI is InChI=1S/C25H29N5O7.C17H17N3O7S/c1-2-36-22(32)7-9-29-11-10-28(15-21(29)31)13-20-14-30(25(34)37-20)19-5-3-17(4-6-19)23(26)27-24(33)18-8-12-35-16-18;1-28(23,24)26-10-14-8-20(17(22)27-14)13-4-2-11(3-5-13)15(18)19-16(21)12-6-7-25-9-12/h3-6,8,12,16,20H,2,7,9-11,13-15H2,1H3,(H2,26,27,33);2-7,9,14H,8,10H2,1H3,(H2,18,19,21). The Balaban J connectivity index is 0.000000224. The molecule has 0 spiro atoms. The van der Waals surface area contributed by atoms with Crippen molar-refractivity contribution in [2.24, 2.45) is 0 Å². The monoisotopic (exact) mass is 918 g/mol. The van der Waals surface area contributed by atoms with Gasteiger partial charge in [-0.1, -0.05) is 0 Å². The maximum Gasteiger partial charge on any atom is 0.414 e. The molecule has 2 unspecified atom stereocenters. The fourth-order valence-electron chi connectivity index (χ4n) is 6.66. The second-order valence-corrected chi connectivity index (χ2v) is 16.3. The molecular weight excluding hydrogens is 873 g/mol. The lowest BCUT2D eigenvalue weighted by Gasteiger charge is -2.34. The Kier molecular flexibility index (Phi) is 15.5.